The Hall–Kier alpha value is -0.500. The van der Waals surface area contributed by atoms with Crippen molar-refractivity contribution in [1.82, 2.24) is 5.16 Å². The molecule has 1 atom stereocenters. The van der Waals surface area contributed by atoms with E-state index in [-0.39, 0.29) is 0 Å². The summed E-state index contributed by atoms with van der Waals surface area (Å²) in [7, 11) is 0. The zero-order chi connectivity index (χ0) is 9.97. The van der Waals surface area contributed by atoms with E-state index in [0.29, 0.717) is 5.88 Å². The van der Waals surface area contributed by atoms with Gasteiger partial charge in [-0.3, -0.25) is 0 Å². The highest BCUT2D eigenvalue weighted by Gasteiger charge is 2.24. The summed E-state index contributed by atoms with van der Waals surface area (Å²) >= 11 is 5.81. The third-order valence-corrected chi connectivity index (χ3v) is 3.30. The van der Waals surface area contributed by atoms with Crippen molar-refractivity contribution in [2.24, 2.45) is 5.92 Å². The van der Waals surface area contributed by atoms with Gasteiger partial charge in [0.05, 0.1) is 5.88 Å². The quantitative estimate of drug-likeness (QED) is 0.720. The van der Waals surface area contributed by atoms with E-state index >= 15 is 0 Å². The van der Waals surface area contributed by atoms with Crippen LogP contribution in [0, 0.1) is 5.92 Å². The Labute approximate surface area is 89.6 Å². The van der Waals surface area contributed by atoms with Crippen molar-refractivity contribution in [3.05, 3.63) is 17.0 Å². The molecule has 1 aliphatic rings. The van der Waals surface area contributed by atoms with Crippen LogP contribution in [-0.2, 0) is 18.7 Å². The third-order valence-electron chi connectivity index (χ3n) is 3.05. The summed E-state index contributed by atoms with van der Waals surface area (Å²) < 4.78 is 5.27. The molecule has 0 saturated heterocycles. The summed E-state index contributed by atoms with van der Waals surface area (Å²) in [4.78, 5) is 0. The van der Waals surface area contributed by atoms with Crippen LogP contribution < -0.4 is 0 Å². The second-order valence-electron chi connectivity index (χ2n) is 4.06. The van der Waals surface area contributed by atoms with Crippen LogP contribution in [0.1, 0.15) is 43.2 Å². The van der Waals surface area contributed by atoms with Gasteiger partial charge in [0.2, 0.25) is 0 Å². The van der Waals surface area contributed by atoms with E-state index in [4.69, 9.17) is 16.1 Å². The predicted octanol–water partition coefficient (Wildman–Crippen LogP) is 3.32. The topological polar surface area (TPSA) is 26.0 Å². The Kier molecular flexibility index (Phi) is 3.12. The SMILES string of the molecule is CCCC1CCc2onc(CCl)c2C1. The van der Waals surface area contributed by atoms with Crippen LogP contribution in [-0.4, -0.2) is 5.16 Å². The zero-order valence-corrected chi connectivity index (χ0v) is 9.31. The van der Waals surface area contributed by atoms with Gasteiger partial charge in [-0.05, 0) is 18.8 Å². The number of hydrogen-bond acceptors (Lipinski definition) is 2. The van der Waals surface area contributed by atoms with Crippen molar-refractivity contribution in [2.75, 3.05) is 0 Å². The minimum atomic E-state index is 0.484. The number of aryl methyl sites for hydroxylation is 1. The Morgan fingerprint density at radius 2 is 2.43 bits per heavy atom. The van der Waals surface area contributed by atoms with Gasteiger partial charge in [-0.15, -0.1) is 11.6 Å². The van der Waals surface area contributed by atoms with Gasteiger partial charge in [0.25, 0.3) is 0 Å². The highest BCUT2D eigenvalue weighted by molar-refractivity contribution is 6.17. The van der Waals surface area contributed by atoms with Crippen molar-refractivity contribution in [1.29, 1.82) is 0 Å². The normalized spacial score (nSPS) is 20.9. The van der Waals surface area contributed by atoms with Gasteiger partial charge < -0.3 is 4.52 Å². The van der Waals surface area contributed by atoms with Crippen LogP contribution in [0.2, 0.25) is 0 Å². The van der Waals surface area contributed by atoms with Gasteiger partial charge in [0.1, 0.15) is 11.5 Å². The van der Waals surface area contributed by atoms with Crippen LogP contribution >= 0.6 is 11.6 Å². The molecule has 1 unspecified atom stereocenters. The lowest BCUT2D eigenvalue weighted by molar-refractivity contribution is 0.339. The second-order valence-corrected chi connectivity index (χ2v) is 4.33. The fraction of sp³-hybridized carbons (Fsp3) is 0.727. The number of alkyl halides is 1. The fourth-order valence-corrected chi connectivity index (χ4v) is 2.51. The van der Waals surface area contributed by atoms with Crippen LogP contribution in [0.15, 0.2) is 4.52 Å². The first-order valence-electron chi connectivity index (χ1n) is 5.37. The Bertz CT molecular complexity index is 295. The van der Waals surface area contributed by atoms with Gasteiger partial charge in [-0.25, -0.2) is 0 Å². The molecule has 14 heavy (non-hydrogen) atoms. The van der Waals surface area contributed by atoms with Crippen molar-refractivity contribution < 1.29 is 4.52 Å². The maximum absolute atomic E-state index is 5.81. The summed E-state index contributed by atoms with van der Waals surface area (Å²) in [6.07, 6.45) is 5.99. The fourth-order valence-electron chi connectivity index (χ4n) is 2.30. The molecule has 0 aromatic carbocycles. The van der Waals surface area contributed by atoms with Crippen LogP contribution in [0.4, 0.5) is 0 Å². The maximum atomic E-state index is 5.81. The Morgan fingerprint density at radius 3 is 3.14 bits per heavy atom. The summed E-state index contributed by atoms with van der Waals surface area (Å²) in [5.74, 6) is 2.37. The highest BCUT2D eigenvalue weighted by Crippen LogP contribution is 2.30. The molecule has 0 N–H and O–H groups in total. The lowest BCUT2D eigenvalue weighted by Crippen LogP contribution is -2.13. The van der Waals surface area contributed by atoms with Crippen LogP contribution in [0.3, 0.4) is 0 Å². The van der Waals surface area contributed by atoms with E-state index in [1.807, 2.05) is 0 Å². The summed E-state index contributed by atoms with van der Waals surface area (Å²) in [5, 5.41) is 4.00. The van der Waals surface area contributed by atoms with Gasteiger partial charge in [-0.1, -0.05) is 24.9 Å². The van der Waals surface area contributed by atoms with Gasteiger partial charge in [-0.2, -0.15) is 0 Å². The molecule has 2 nitrogen and oxygen atoms in total. The Balaban J connectivity index is 2.14. The summed E-state index contributed by atoms with van der Waals surface area (Å²) in [6.45, 7) is 2.24. The molecular weight excluding hydrogens is 198 g/mol. The number of fused-ring (bicyclic) bond motifs is 1. The number of halogens is 1. The molecule has 0 radical (unpaired) electrons. The zero-order valence-electron chi connectivity index (χ0n) is 8.55. The molecule has 1 aromatic rings. The number of nitrogens with zero attached hydrogens (tertiary/aromatic N) is 1. The molecular formula is C11H16ClNO. The third kappa shape index (κ3) is 1.81. The first-order chi connectivity index (χ1) is 6.85. The van der Waals surface area contributed by atoms with Crippen molar-refractivity contribution >= 4 is 11.6 Å². The minimum Gasteiger partial charge on any atom is -0.361 e. The standard InChI is InChI=1S/C11H16ClNO/c1-2-3-8-4-5-11-9(6-8)10(7-12)13-14-11/h8H,2-7H2,1H3. The van der Waals surface area contributed by atoms with Gasteiger partial charge in [0.15, 0.2) is 0 Å². The van der Waals surface area contributed by atoms with Crippen molar-refractivity contribution in [3.8, 4) is 0 Å². The van der Waals surface area contributed by atoms with E-state index in [9.17, 15) is 0 Å². The van der Waals surface area contributed by atoms with Crippen LogP contribution in [0.25, 0.3) is 0 Å². The molecule has 2 rings (SSSR count). The highest BCUT2D eigenvalue weighted by atomic mass is 35.5. The van der Waals surface area contributed by atoms with Crippen LogP contribution in [0.5, 0.6) is 0 Å². The van der Waals surface area contributed by atoms with E-state index < -0.39 is 0 Å². The van der Waals surface area contributed by atoms with Gasteiger partial charge in [0, 0.05) is 12.0 Å². The number of aromatic nitrogens is 1. The lowest BCUT2D eigenvalue weighted by atomic mass is 9.84. The molecule has 0 fully saturated rings. The molecule has 3 heteroatoms. The Morgan fingerprint density at radius 1 is 1.57 bits per heavy atom. The summed E-state index contributed by atoms with van der Waals surface area (Å²) in [6, 6.07) is 0. The molecule has 0 saturated carbocycles. The van der Waals surface area contributed by atoms with Crippen molar-refractivity contribution in [2.45, 2.75) is 44.9 Å². The average molecular weight is 214 g/mol. The second kappa shape index (κ2) is 4.35. The first-order valence-corrected chi connectivity index (χ1v) is 5.90. The molecule has 1 aliphatic carbocycles. The monoisotopic (exact) mass is 213 g/mol. The molecule has 0 spiro atoms. The van der Waals surface area contributed by atoms with E-state index in [0.717, 1.165) is 30.2 Å². The van der Waals surface area contributed by atoms with E-state index in [2.05, 4.69) is 12.1 Å². The van der Waals surface area contributed by atoms with E-state index in [1.54, 1.807) is 0 Å². The predicted molar refractivity (Wildman–Crippen MR) is 56.5 cm³/mol. The number of rotatable bonds is 3. The number of hydrogen-bond donors (Lipinski definition) is 0. The molecule has 0 amide bonds. The molecule has 78 valence electrons. The summed E-state index contributed by atoms with van der Waals surface area (Å²) in [5.41, 5.74) is 2.26. The molecule has 0 bridgehead atoms. The average Bonchev–Trinajstić information content (AvgIpc) is 2.60. The van der Waals surface area contributed by atoms with Crippen molar-refractivity contribution in [3.63, 3.8) is 0 Å². The largest absolute Gasteiger partial charge is 0.361 e. The smallest absolute Gasteiger partial charge is 0.140 e. The first kappa shape index (κ1) is 10.0. The minimum absolute atomic E-state index is 0.484. The van der Waals surface area contributed by atoms with Gasteiger partial charge >= 0.3 is 0 Å². The van der Waals surface area contributed by atoms with E-state index in [1.165, 1.54) is 24.8 Å². The molecule has 0 aliphatic heterocycles. The molecule has 1 aromatic heterocycles. The maximum Gasteiger partial charge on any atom is 0.140 e. The lowest BCUT2D eigenvalue weighted by Gasteiger charge is -2.20. The molecule has 1 heterocycles.